The van der Waals surface area contributed by atoms with Gasteiger partial charge in [0.15, 0.2) is 5.76 Å². The van der Waals surface area contributed by atoms with Crippen molar-refractivity contribution >= 4 is 5.69 Å². The molecule has 0 unspecified atom stereocenters. The highest BCUT2D eigenvalue weighted by Crippen LogP contribution is 2.30. The first kappa shape index (κ1) is 12.3. The Bertz CT molecular complexity index is 720. The molecule has 0 aliphatic rings. The molecule has 0 amide bonds. The Hall–Kier alpha value is -2.75. The van der Waals surface area contributed by atoms with Crippen LogP contribution in [-0.2, 0) is 0 Å². The number of rotatable bonds is 3. The zero-order chi connectivity index (χ0) is 13.9. The topological polar surface area (TPSA) is 61.3 Å². The summed E-state index contributed by atoms with van der Waals surface area (Å²) in [5.41, 5.74) is 8.21. The van der Waals surface area contributed by atoms with Crippen LogP contribution in [0.5, 0.6) is 5.75 Å². The molecule has 0 aliphatic heterocycles. The van der Waals surface area contributed by atoms with Crippen LogP contribution in [0.15, 0.2) is 59.1 Å². The first-order chi connectivity index (χ1) is 9.78. The molecule has 0 saturated carbocycles. The number of ether oxygens (including phenoxy) is 1. The Kier molecular flexibility index (Phi) is 3.13. The second-order valence-electron chi connectivity index (χ2n) is 4.35. The van der Waals surface area contributed by atoms with Gasteiger partial charge >= 0.3 is 0 Å². The maximum atomic E-state index is 5.80. The second-order valence-corrected chi connectivity index (χ2v) is 4.35. The van der Waals surface area contributed by atoms with E-state index in [9.17, 15) is 0 Å². The summed E-state index contributed by atoms with van der Waals surface area (Å²) in [4.78, 5) is 4.30. The van der Waals surface area contributed by atoms with Gasteiger partial charge in [-0.15, -0.1) is 0 Å². The Morgan fingerprint density at radius 2 is 1.85 bits per heavy atom. The number of anilines is 1. The molecule has 20 heavy (non-hydrogen) atoms. The van der Waals surface area contributed by atoms with Crippen LogP contribution in [0.2, 0.25) is 0 Å². The van der Waals surface area contributed by atoms with Crippen molar-refractivity contribution in [1.29, 1.82) is 0 Å². The molecule has 3 rings (SSSR count). The van der Waals surface area contributed by atoms with Crippen LogP contribution in [0, 0.1) is 0 Å². The van der Waals surface area contributed by atoms with Crippen LogP contribution in [0.3, 0.4) is 0 Å². The molecule has 2 aromatic carbocycles. The number of benzene rings is 2. The molecule has 0 fully saturated rings. The molecule has 0 radical (unpaired) electrons. The summed E-state index contributed by atoms with van der Waals surface area (Å²) in [5, 5.41) is 0. The van der Waals surface area contributed by atoms with E-state index in [4.69, 9.17) is 14.9 Å². The highest BCUT2D eigenvalue weighted by atomic mass is 16.5. The molecule has 0 saturated heterocycles. The lowest BCUT2D eigenvalue weighted by Crippen LogP contribution is -1.92. The molecule has 4 heteroatoms. The van der Waals surface area contributed by atoms with Crippen molar-refractivity contribution in [3.63, 3.8) is 0 Å². The van der Waals surface area contributed by atoms with Crippen LogP contribution in [0.4, 0.5) is 5.69 Å². The quantitative estimate of drug-likeness (QED) is 0.736. The van der Waals surface area contributed by atoms with Gasteiger partial charge in [0.1, 0.15) is 5.75 Å². The summed E-state index contributed by atoms with van der Waals surface area (Å²) in [7, 11) is 1.58. The largest absolute Gasteiger partial charge is 0.495 e. The van der Waals surface area contributed by atoms with Crippen LogP contribution in [0.25, 0.3) is 22.8 Å². The number of oxazole rings is 1. The standard InChI is InChI=1S/C16H14N2O2/c1-19-14-9-12(7-8-13(14)17)16-18-10-15(20-16)11-5-3-2-4-6-11/h2-10H,17H2,1H3. The van der Waals surface area contributed by atoms with E-state index in [0.29, 0.717) is 17.3 Å². The highest BCUT2D eigenvalue weighted by molar-refractivity contribution is 5.66. The summed E-state index contributed by atoms with van der Waals surface area (Å²) in [5.74, 6) is 1.89. The van der Waals surface area contributed by atoms with Gasteiger partial charge < -0.3 is 14.9 Å². The Balaban J connectivity index is 1.98. The third-order valence-electron chi connectivity index (χ3n) is 3.04. The lowest BCUT2D eigenvalue weighted by molar-refractivity contribution is 0.417. The summed E-state index contributed by atoms with van der Waals surface area (Å²) in [6, 6.07) is 15.3. The van der Waals surface area contributed by atoms with Gasteiger partial charge in [0, 0.05) is 11.1 Å². The van der Waals surface area contributed by atoms with Gasteiger partial charge in [-0.25, -0.2) is 4.98 Å². The monoisotopic (exact) mass is 266 g/mol. The van der Waals surface area contributed by atoms with Gasteiger partial charge in [0.25, 0.3) is 0 Å². The van der Waals surface area contributed by atoms with Crippen LogP contribution in [0.1, 0.15) is 0 Å². The fourth-order valence-electron chi connectivity index (χ4n) is 1.99. The molecule has 100 valence electrons. The van der Waals surface area contributed by atoms with Gasteiger partial charge in [0.05, 0.1) is 19.0 Å². The van der Waals surface area contributed by atoms with E-state index in [2.05, 4.69) is 4.98 Å². The van der Waals surface area contributed by atoms with Crippen molar-refractivity contribution in [3.05, 3.63) is 54.7 Å². The average molecular weight is 266 g/mol. The SMILES string of the molecule is COc1cc(-c2ncc(-c3ccccc3)o2)ccc1N. The molecular weight excluding hydrogens is 252 g/mol. The molecule has 1 heterocycles. The predicted octanol–water partition coefficient (Wildman–Crippen LogP) is 3.60. The van der Waals surface area contributed by atoms with Crippen LogP contribution >= 0.6 is 0 Å². The third-order valence-corrected chi connectivity index (χ3v) is 3.04. The lowest BCUT2D eigenvalue weighted by Gasteiger charge is -2.05. The summed E-state index contributed by atoms with van der Waals surface area (Å²) in [6.45, 7) is 0. The van der Waals surface area contributed by atoms with Crippen molar-refractivity contribution in [1.82, 2.24) is 4.98 Å². The molecule has 2 N–H and O–H groups in total. The number of hydrogen-bond donors (Lipinski definition) is 1. The van der Waals surface area contributed by atoms with Gasteiger partial charge in [-0.3, -0.25) is 0 Å². The molecule has 4 nitrogen and oxygen atoms in total. The van der Waals surface area contributed by atoms with E-state index in [0.717, 1.165) is 16.9 Å². The Morgan fingerprint density at radius 1 is 1.05 bits per heavy atom. The molecule has 1 aromatic heterocycles. The number of hydrogen-bond acceptors (Lipinski definition) is 4. The van der Waals surface area contributed by atoms with E-state index in [1.165, 1.54) is 0 Å². The van der Waals surface area contributed by atoms with Gasteiger partial charge in [-0.05, 0) is 18.2 Å². The first-order valence-electron chi connectivity index (χ1n) is 6.23. The maximum absolute atomic E-state index is 5.80. The smallest absolute Gasteiger partial charge is 0.226 e. The zero-order valence-electron chi connectivity index (χ0n) is 11.0. The lowest BCUT2D eigenvalue weighted by atomic mass is 10.2. The second kappa shape index (κ2) is 5.09. The third kappa shape index (κ3) is 2.23. The van der Waals surface area contributed by atoms with Crippen LogP contribution < -0.4 is 10.5 Å². The molecule has 0 spiro atoms. The molecular formula is C16H14N2O2. The fraction of sp³-hybridized carbons (Fsp3) is 0.0625. The first-order valence-corrected chi connectivity index (χ1v) is 6.23. The minimum absolute atomic E-state index is 0.544. The summed E-state index contributed by atoms with van der Waals surface area (Å²) in [6.07, 6.45) is 1.72. The minimum atomic E-state index is 0.544. The number of aromatic nitrogens is 1. The zero-order valence-corrected chi connectivity index (χ0v) is 11.0. The molecule has 0 bridgehead atoms. The van der Waals surface area contributed by atoms with E-state index in [1.54, 1.807) is 19.4 Å². The number of nitrogens with two attached hydrogens (primary N) is 1. The fourth-order valence-corrected chi connectivity index (χ4v) is 1.99. The van der Waals surface area contributed by atoms with Crippen molar-refractivity contribution in [2.45, 2.75) is 0 Å². The summed E-state index contributed by atoms with van der Waals surface area (Å²) >= 11 is 0. The highest BCUT2D eigenvalue weighted by Gasteiger charge is 2.10. The van der Waals surface area contributed by atoms with E-state index in [-0.39, 0.29) is 0 Å². The van der Waals surface area contributed by atoms with Crippen molar-refractivity contribution in [3.8, 4) is 28.5 Å². The average Bonchev–Trinajstić information content (AvgIpc) is 2.98. The van der Waals surface area contributed by atoms with E-state index < -0.39 is 0 Å². The number of methoxy groups -OCH3 is 1. The van der Waals surface area contributed by atoms with E-state index >= 15 is 0 Å². The van der Waals surface area contributed by atoms with Gasteiger partial charge in [0.2, 0.25) is 5.89 Å². The molecule has 0 aliphatic carbocycles. The number of nitrogen functional groups attached to an aromatic ring is 1. The van der Waals surface area contributed by atoms with Crippen LogP contribution in [-0.4, -0.2) is 12.1 Å². The van der Waals surface area contributed by atoms with Crippen molar-refractivity contribution in [2.75, 3.05) is 12.8 Å². The Labute approximate surface area is 116 Å². The Morgan fingerprint density at radius 3 is 2.60 bits per heavy atom. The van der Waals surface area contributed by atoms with E-state index in [1.807, 2.05) is 42.5 Å². The number of nitrogens with zero attached hydrogens (tertiary/aromatic N) is 1. The summed E-state index contributed by atoms with van der Waals surface area (Å²) < 4.78 is 11.0. The normalized spacial score (nSPS) is 10.4. The molecule has 3 aromatic rings. The molecule has 0 atom stereocenters. The predicted molar refractivity (Wildman–Crippen MR) is 78.3 cm³/mol. The minimum Gasteiger partial charge on any atom is -0.495 e. The van der Waals surface area contributed by atoms with Gasteiger partial charge in [-0.2, -0.15) is 0 Å². The maximum Gasteiger partial charge on any atom is 0.226 e. The van der Waals surface area contributed by atoms with Gasteiger partial charge in [-0.1, -0.05) is 30.3 Å². The van der Waals surface area contributed by atoms with Crippen molar-refractivity contribution < 1.29 is 9.15 Å². The van der Waals surface area contributed by atoms with Crippen molar-refractivity contribution in [2.24, 2.45) is 0 Å².